The lowest BCUT2D eigenvalue weighted by atomic mass is 10.2. The highest BCUT2D eigenvalue weighted by molar-refractivity contribution is 5.95. The highest BCUT2D eigenvalue weighted by atomic mass is 16.1. The lowest BCUT2D eigenvalue weighted by molar-refractivity contribution is -0.116. The third-order valence-corrected chi connectivity index (χ3v) is 2.19. The van der Waals surface area contributed by atoms with Crippen molar-refractivity contribution in [3.63, 3.8) is 0 Å². The second-order valence-corrected chi connectivity index (χ2v) is 3.51. The van der Waals surface area contributed by atoms with E-state index in [1.54, 1.807) is 18.4 Å². The normalized spacial score (nSPS) is 9.81. The molecule has 0 fully saturated rings. The Bertz CT molecular complexity index is 364. The van der Waals surface area contributed by atoms with Crippen LogP contribution in [0.1, 0.15) is 38.3 Å². The number of hydrogen-bond donors (Lipinski definition) is 1. The van der Waals surface area contributed by atoms with Gasteiger partial charge in [-0.3, -0.25) is 14.6 Å². The van der Waals surface area contributed by atoms with Crippen LogP contribution in [0, 0.1) is 0 Å². The van der Waals surface area contributed by atoms with Crippen LogP contribution >= 0.6 is 0 Å². The predicted molar refractivity (Wildman–Crippen MR) is 61.8 cm³/mol. The van der Waals surface area contributed by atoms with E-state index in [1.165, 1.54) is 6.20 Å². The molecule has 1 aromatic rings. The van der Waals surface area contributed by atoms with E-state index in [9.17, 15) is 9.59 Å². The van der Waals surface area contributed by atoms with Crippen LogP contribution < -0.4 is 5.32 Å². The van der Waals surface area contributed by atoms with Gasteiger partial charge in [-0.05, 0) is 18.6 Å². The molecular weight excluding hydrogens is 204 g/mol. The van der Waals surface area contributed by atoms with Crippen LogP contribution in [0.3, 0.4) is 0 Å². The summed E-state index contributed by atoms with van der Waals surface area (Å²) < 4.78 is 0. The van der Waals surface area contributed by atoms with Crippen molar-refractivity contribution in [2.24, 2.45) is 0 Å². The molecule has 0 unspecified atom stereocenters. The lowest BCUT2D eigenvalue weighted by Gasteiger charge is -2.05. The summed E-state index contributed by atoms with van der Waals surface area (Å²) in [6.45, 7) is 2.08. The number of aromatic nitrogens is 1. The van der Waals surface area contributed by atoms with Crippen molar-refractivity contribution in [3.8, 4) is 0 Å². The van der Waals surface area contributed by atoms with Crippen LogP contribution in [0.15, 0.2) is 18.3 Å². The second kappa shape index (κ2) is 6.71. The monoisotopic (exact) mass is 219 g/mol. The number of rotatable bonds is 6. The van der Waals surface area contributed by atoms with E-state index in [0.717, 1.165) is 19.3 Å². The third kappa shape index (κ3) is 3.81. The first kappa shape index (κ1) is 12.4. The SMILES string of the molecule is CCCCCC(=O)Nc1cccnc1[C]=O. The molecule has 0 saturated carbocycles. The fraction of sp³-hybridized carbons (Fsp3) is 0.417. The molecule has 0 aliphatic carbocycles. The summed E-state index contributed by atoms with van der Waals surface area (Å²) in [5, 5.41) is 2.66. The number of anilines is 1. The quantitative estimate of drug-likeness (QED) is 0.745. The van der Waals surface area contributed by atoms with Crippen molar-refractivity contribution in [2.45, 2.75) is 32.6 Å². The van der Waals surface area contributed by atoms with E-state index in [2.05, 4.69) is 17.2 Å². The minimum Gasteiger partial charge on any atom is -0.324 e. The van der Waals surface area contributed by atoms with Gasteiger partial charge in [-0.15, -0.1) is 0 Å². The molecule has 85 valence electrons. The zero-order valence-electron chi connectivity index (χ0n) is 9.32. The van der Waals surface area contributed by atoms with Gasteiger partial charge in [0.15, 0.2) is 0 Å². The molecule has 0 aromatic carbocycles. The first-order valence-corrected chi connectivity index (χ1v) is 5.41. The molecule has 1 aromatic heterocycles. The summed E-state index contributed by atoms with van der Waals surface area (Å²) in [5.74, 6) is -0.0852. The van der Waals surface area contributed by atoms with Crippen molar-refractivity contribution in [3.05, 3.63) is 24.0 Å². The van der Waals surface area contributed by atoms with Gasteiger partial charge in [0, 0.05) is 12.6 Å². The topological polar surface area (TPSA) is 59.1 Å². The van der Waals surface area contributed by atoms with E-state index < -0.39 is 0 Å². The molecule has 0 bridgehead atoms. The third-order valence-electron chi connectivity index (χ3n) is 2.19. The number of pyridine rings is 1. The molecule has 0 aliphatic rings. The molecule has 4 nitrogen and oxygen atoms in total. The Labute approximate surface area is 95.1 Å². The minimum absolute atomic E-state index is 0.0852. The minimum atomic E-state index is -0.0852. The fourth-order valence-corrected chi connectivity index (χ4v) is 1.34. The van der Waals surface area contributed by atoms with Gasteiger partial charge in [-0.1, -0.05) is 19.8 Å². The van der Waals surface area contributed by atoms with Crippen LogP contribution in [0.4, 0.5) is 5.69 Å². The van der Waals surface area contributed by atoms with Crippen LogP contribution in [0.2, 0.25) is 0 Å². The average molecular weight is 219 g/mol. The van der Waals surface area contributed by atoms with Crippen molar-refractivity contribution < 1.29 is 9.59 Å². The maximum atomic E-state index is 11.5. The molecule has 1 N–H and O–H groups in total. The molecule has 0 atom stereocenters. The molecule has 0 saturated heterocycles. The maximum absolute atomic E-state index is 11.5. The molecule has 1 radical (unpaired) electrons. The Balaban J connectivity index is 2.52. The Morgan fingerprint density at radius 3 is 3.00 bits per heavy atom. The molecule has 1 amide bonds. The Morgan fingerprint density at radius 2 is 2.31 bits per heavy atom. The van der Waals surface area contributed by atoms with Crippen molar-refractivity contribution >= 4 is 17.9 Å². The van der Waals surface area contributed by atoms with Gasteiger partial charge in [0.05, 0.1) is 5.69 Å². The lowest BCUT2D eigenvalue weighted by Crippen LogP contribution is -2.13. The summed E-state index contributed by atoms with van der Waals surface area (Å²) in [4.78, 5) is 25.8. The van der Waals surface area contributed by atoms with E-state index in [4.69, 9.17) is 0 Å². The smallest absolute Gasteiger partial charge is 0.255 e. The van der Waals surface area contributed by atoms with Gasteiger partial charge >= 0.3 is 0 Å². The number of carbonyl (C=O) groups excluding carboxylic acids is 2. The fourth-order valence-electron chi connectivity index (χ4n) is 1.34. The number of hydrogen-bond acceptors (Lipinski definition) is 3. The summed E-state index contributed by atoms with van der Waals surface area (Å²) >= 11 is 0. The number of amides is 1. The van der Waals surface area contributed by atoms with Gasteiger partial charge in [0.2, 0.25) is 5.91 Å². The zero-order chi connectivity index (χ0) is 11.8. The van der Waals surface area contributed by atoms with Gasteiger partial charge in [0.1, 0.15) is 5.69 Å². The van der Waals surface area contributed by atoms with E-state index in [0.29, 0.717) is 12.1 Å². The zero-order valence-corrected chi connectivity index (χ0v) is 9.32. The Morgan fingerprint density at radius 1 is 1.50 bits per heavy atom. The van der Waals surface area contributed by atoms with Gasteiger partial charge < -0.3 is 5.32 Å². The Hall–Kier alpha value is -1.71. The molecule has 1 heterocycles. The first-order chi connectivity index (χ1) is 7.77. The molecule has 1 rings (SSSR count). The summed E-state index contributed by atoms with van der Waals surface area (Å²) in [5.41, 5.74) is 0.574. The first-order valence-electron chi connectivity index (χ1n) is 5.41. The van der Waals surface area contributed by atoms with Crippen LogP contribution in [-0.4, -0.2) is 17.2 Å². The van der Waals surface area contributed by atoms with E-state index >= 15 is 0 Å². The number of nitrogens with zero attached hydrogens (tertiary/aromatic N) is 1. The number of carbonyl (C=O) groups is 1. The van der Waals surface area contributed by atoms with Crippen LogP contribution in [-0.2, 0) is 9.59 Å². The van der Waals surface area contributed by atoms with Gasteiger partial charge in [-0.25, -0.2) is 0 Å². The number of unbranched alkanes of at least 4 members (excludes halogenated alkanes) is 2. The maximum Gasteiger partial charge on any atom is 0.255 e. The summed E-state index contributed by atoms with van der Waals surface area (Å²) in [6.07, 6.45) is 6.63. The second-order valence-electron chi connectivity index (χ2n) is 3.51. The molecule has 4 heteroatoms. The van der Waals surface area contributed by atoms with Crippen molar-refractivity contribution in [1.29, 1.82) is 0 Å². The van der Waals surface area contributed by atoms with Crippen molar-refractivity contribution in [2.75, 3.05) is 5.32 Å². The highest BCUT2D eigenvalue weighted by Gasteiger charge is 2.06. The van der Waals surface area contributed by atoms with Crippen LogP contribution in [0.25, 0.3) is 0 Å². The Kier molecular flexibility index (Phi) is 5.19. The average Bonchev–Trinajstić information content (AvgIpc) is 2.30. The van der Waals surface area contributed by atoms with Crippen molar-refractivity contribution in [1.82, 2.24) is 4.98 Å². The largest absolute Gasteiger partial charge is 0.324 e. The molecule has 0 aliphatic heterocycles. The predicted octanol–water partition coefficient (Wildman–Crippen LogP) is 2.06. The summed E-state index contributed by atoms with van der Waals surface area (Å²) in [6, 6.07) is 3.31. The van der Waals surface area contributed by atoms with E-state index in [1.807, 2.05) is 0 Å². The highest BCUT2D eigenvalue weighted by Crippen LogP contribution is 2.10. The molecule has 16 heavy (non-hydrogen) atoms. The standard InChI is InChI=1S/C12H15N2O2/c1-2-3-4-7-12(16)14-10-6-5-8-13-11(10)9-15/h5-6,8H,2-4,7H2,1H3,(H,14,16). The summed E-state index contributed by atoms with van der Waals surface area (Å²) in [7, 11) is 0. The van der Waals surface area contributed by atoms with Gasteiger partial charge in [-0.2, -0.15) is 0 Å². The van der Waals surface area contributed by atoms with Gasteiger partial charge in [0.25, 0.3) is 6.29 Å². The molecular formula is C12H15N2O2. The van der Waals surface area contributed by atoms with E-state index in [-0.39, 0.29) is 11.6 Å². The molecule has 0 spiro atoms. The number of nitrogens with one attached hydrogen (secondary N) is 1. The van der Waals surface area contributed by atoms with Crippen LogP contribution in [0.5, 0.6) is 0 Å².